The Bertz CT molecular complexity index is 1570. The molecule has 0 aliphatic carbocycles. The molecule has 4 aromatic rings. The monoisotopic (exact) mass is 642 g/mol. The summed E-state index contributed by atoms with van der Waals surface area (Å²) in [6, 6.07) is 26.4. The Hall–Kier alpha value is -5.23. The Morgan fingerprint density at radius 2 is 1.74 bits per heavy atom. The van der Waals surface area contributed by atoms with Crippen LogP contribution in [0.2, 0.25) is 0 Å². The normalized spacial score (nSPS) is 11.7. The Balaban J connectivity index is 1.33. The van der Waals surface area contributed by atoms with Crippen molar-refractivity contribution < 1.29 is 24.3 Å². The number of anilines is 1. The molecule has 2 amide bonds. The fraction of sp³-hybridized carbons (Fsp3) is 0.235. The quantitative estimate of drug-likeness (QED) is 0.0439. The number of likely N-dealkylation sites (N-methyl/N-ethyl adjacent to an activating group) is 1. The zero-order chi connectivity index (χ0) is 32.7. The maximum atomic E-state index is 13.3. The third kappa shape index (κ3) is 10.4. The molecule has 0 saturated heterocycles. The summed E-state index contributed by atoms with van der Waals surface area (Å²) in [5.41, 5.74) is 10.1. The van der Waals surface area contributed by atoms with E-state index in [0.717, 1.165) is 27.3 Å². The fourth-order valence-electron chi connectivity index (χ4n) is 4.37. The van der Waals surface area contributed by atoms with E-state index in [0.29, 0.717) is 30.8 Å². The number of pyridine rings is 1. The van der Waals surface area contributed by atoms with Crippen LogP contribution >= 0.6 is 11.9 Å². The van der Waals surface area contributed by atoms with Gasteiger partial charge in [-0.15, -0.1) is 0 Å². The molecule has 3 aromatic carbocycles. The summed E-state index contributed by atoms with van der Waals surface area (Å²) in [5.74, 6) is 0.462. The number of aromatic nitrogens is 1. The molecule has 0 aliphatic heterocycles. The first kappa shape index (κ1) is 33.7. The molecule has 0 aliphatic rings. The second kappa shape index (κ2) is 17.3. The van der Waals surface area contributed by atoms with Gasteiger partial charge in [0.1, 0.15) is 12.4 Å². The van der Waals surface area contributed by atoms with Gasteiger partial charge in [-0.25, -0.2) is 4.79 Å². The molecular formula is C34H38N6O5S. The lowest BCUT2D eigenvalue weighted by atomic mass is 10.0. The Morgan fingerprint density at radius 3 is 2.39 bits per heavy atom. The third-order valence-corrected chi connectivity index (χ3v) is 7.95. The predicted octanol–water partition coefficient (Wildman–Crippen LogP) is 5.41. The van der Waals surface area contributed by atoms with E-state index in [1.165, 1.54) is 11.9 Å². The van der Waals surface area contributed by atoms with Gasteiger partial charge in [0.15, 0.2) is 12.4 Å². The minimum atomic E-state index is -0.400. The molecule has 0 fully saturated rings. The SMILES string of the molecule is CNC(=O)COc1ccc(COC(=O)N(CCc2ccc(NSc3ccc(/C(N)=N\O)cc3)cc2)C[C@H](C)c2cccnc2)cc1. The average Bonchev–Trinajstić information content (AvgIpc) is 3.11. The smallest absolute Gasteiger partial charge is 0.410 e. The van der Waals surface area contributed by atoms with Crippen LogP contribution < -0.4 is 20.5 Å². The molecule has 1 heterocycles. The van der Waals surface area contributed by atoms with Crippen LogP contribution in [0.4, 0.5) is 10.5 Å². The second-order valence-corrected chi connectivity index (χ2v) is 11.3. The van der Waals surface area contributed by atoms with E-state index in [4.69, 9.17) is 20.4 Å². The number of ether oxygens (including phenoxy) is 2. The number of amides is 2. The van der Waals surface area contributed by atoms with E-state index in [2.05, 4.69) is 27.1 Å². The van der Waals surface area contributed by atoms with Crippen molar-refractivity contribution in [3.05, 3.63) is 120 Å². The van der Waals surface area contributed by atoms with Crippen molar-refractivity contribution in [2.75, 3.05) is 31.5 Å². The minimum Gasteiger partial charge on any atom is -0.484 e. The van der Waals surface area contributed by atoms with Crippen LogP contribution in [-0.2, 0) is 22.6 Å². The van der Waals surface area contributed by atoms with E-state index < -0.39 is 6.09 Å². The number of oxime groups is 1. The summed E-state index contributed by atoms with van der Waals surface area (Å²) in [7, 11) is 1.55. The van der Waals surface area contributed by atoms with Crippen molar-refractivity contribution in [1.29, 1.82) is 0 Å². The van der Waals surface area contributed by atoms with Crippen LogP contribution in [0.3, 0.4) is 0 Å². The lowest BCUT2D eigenvalue weighted by Gasteiger charge is -2.25. The molecule has 5 N–H and O–H groups in total. The lowest BCUT2D eigenvalue weighted by molar-refractivity contribution is -0.122. The van der Waals surface area contributed by atoms with Gasteiger partial charge >= 0.3 is 6.09 Å². The van der Waals surface area contributed by atoms with Gasteiger partial charge in [0, 0.05) is 54.6 Å². The van der Waals surface area contributed by atoms with Crippen molar-refractivity contribution in [1.82, 2.24) is 15.2 Å². The predicted molar refractivity (Wildman–Crippen MR) is 179 cm³/mol. The first-order valence-electron chi connectivity index (χ1n) is 14.7. The zero-order valence-corrected chi connectivity index (χ0v) is 26.6. The number of nitrogens with zero attached hydrogens (tertiary/aromatic N) is 3. The van der Waals surface area contributed by atoms with Crippen LogP contribution in [0, 0.1) is 0 Å². The number of benzene rings is 3. The van der Waals surface area contributed by atoms with E-state index in [-0.39, 0.29) is 30.9 Å². The molecule has 0 radical (unpaired) electrons. The van der Waals surface area contributed by atoms with Crippen LogP contribution in [0.5, 0.6) is 5.75 Å². The standard InChI is InChI=1S/C34H38N6O5S/c1-24(28-4-3-18-37-20-28)21-40(34(42)45-22-26-7-13-30(14-8-26)44-23-32(41)36-2)19-17-25-5-11-29(12-6-25)39-46-31-15-9-27(10-16-31)33(35)38-43/h3-16,18,20,24,39,43H,17,19,21-23H2,1-2H3,(H2,35,38)(H,36,41)/t24-/m0/s1. The van der Waals surface area contributed by atoms with Crippen molar-refractivity contribution in [2.24, 2.45) is 10.9 Å². The molecule has 0 spiro atoms. The van der Waals surface area contributed by atoms with E-state index in [1.54, 1.807) is 54.5 Å². The van der Waals surface area contributed by atoms with E-state index in [1.807, 2.05) is 54.7 Å². The number of nitrogens with one attached hydrogen (secondary N) is 2. The van der Waals surface area contributed by atoms with Gasteiger partial charge in [-0.3, -0.25) is 9.78 Å². The van der Waals surface area contributed by atoms with E-state index in [9.17, 15) is 9.59 Å². The number of nitrogens with two attached hydrogens (primary N) is 1. The summed E-state index contributed by atoms with van der Waals surface area (Å²) >= 11 is 1.45. The molecule has 1 aromatic heterocycles. The van der Waals surface area contributed by atoms with Gasteiger partial charge in [-0.1, -0.05) is 42.4 Å². The highest BCUT2D eigenvalue weighted by atomic mass is 32.2. The molecule has 0 unspecified atom stereocenters. The molecule has 0 saturated carbocycles. The molecule has 12 heteroatoms. The number of carbonyl (C=O) groups is 2. The average molecular weight is 643 g/mol. The van der Waals surface area contributed by atoms with Crippen LogP contribution in [0.25, 0.3) is 0 Å². The zero-order valence-electron chi connectivity index (χ0n) is 25.8. The minimum absolute atomic E-state index is 0.0584. The van der Waals surface area contributed by atoms with Crippen LogP contribution in [0.15, 0.2) is 107 Å². The molecule has 4 rings (SSSR count). The van der Waals surface area contributed by atoms with Crippen molar-refractivity contribution in [3.8, 4) is 5.75 Å². The Kier molecular flexibility index (Phi) is 12.7. The summed E-state index contributed by atoms with van der Waals surface area (Å²) in [5, 5.41) is 14.3. The topological polar surface area (TPSA) is 151 Å². The van der Waals surface area contributed by atoms with E-state index >= 15 is 0 Å². The molecule has 240 valence electrons. The first-order chi connectivity index (χ1) is 22.3. The van der Waals surface area contributed by atoms with Gasteiger partial charge in [0.2, 0.25) is 0 Å². The highest BCUT2D eigenvalue weighted by molar-refractivity contribution is 8.00. The van der Waals surface area contributed by atoms with Crippen LogP contribution in [0.1, 0.15) is 35.1 Å². The van der Waals surface area contributed by atoms with Gasteiger partial charge in [-0.2, -0.15) is 0 Å². The van der Waals surface area contributed by atoms with Crippen molar-refractivity contribution >= 4 is 35.5 Å². The molecule has 0 bridgehead atoms. The summed E-state index contributed by atoms with van der Waals surface area (Å²) in [6.07, 6.45) is 3.80. The van der Waals surface area contributed by atoms with Crippen molar-refractivity contribution in [3.63, 3.8) is 0 Å². The number of rotatable bonds is 15. The number of carbonyl (C=O) groups excluding carboxylic acids is 2. The maximum absolute atomic E-state index is 13.3. The Morgan fingerprint density at radius 1 is 1.02 bits per heavy atom. The van der Waals surface area contributed by atoms with Gasteiger partial charge in [-0.05, 0) is 89.7 Å². The third-order valence-electron chi connectivity index (χ3n) is 7.11. The van der Waals surface area contributed by atoms with Gasteiger partial charge < -0.3 is 35.4 Å². The molecule has 11 nitrogen and oxygen atoms in total. The second-order valence-electron chi connectivity index (χ2n) is 10.5. The molecule has 1 atom stereocenters. The number of hydrogen-bond acceptors (Lipinski definition) is 9. The summed E-state index contributed by atoms with van der Waals surface area (Å²) in [4.78, 5) is 31.7. The highest BCUT2D eigenvalue weighted by Crippen LogP contribution is 2.23. The van der Waals surface area contributed by atoms with Gasteiger partial charge in [0.25, 0.3) is 5.91 Å². The molecular weight excluding hydrogens is 604 g/mol. The first-order valence-corrected chi connectivity index (χ1v) is 15.5. The number of amidine groups is 1. The lowest BCUT2D eigenvalue weighted by Crippen LogP contribution is -2.36. The van der Waals surface area contributed by atoms with Crippen LogP contribution in [-0.4, -0.2) is 59.7 Å². The largest absolute Gasteiger partial charge is 0.484 e. The summed E-state index contributed by atoms with van der Waals surface area (Å²) < 4.78 is 14.5. The van der Waals surface area contributed by atoms with Gasteiger partial charge in [0.05, 0.1) is 0 Å². The van der Waals surface area contributed by atoms with Crippen molar-refractivity contribution in [2.45, 2.75) is 30.8 Å². The summed E-state index contributed by atoms with van der Waals surface area (Å²) in [6.45, 7) is 3.05. The fourth-order valence-corrected chi connectivity index (χ4v) is 5.02. The molecule has 46 heavy (non-hydrogen) atoms. The highest BCUT2D eigenvalue weighted by Gasteiger charge is 2.19. The Labute approximate surface area is 272 Å². The maximum Gasteiger partial charge on any atom is 0.410 e. The number of hydrogen-bond donors (Lipinski definition) is 4.